The van der Waals surface area contributed by atoms with E-state index in [4.69, 9.17) is 16.3 Å². The third-order valence-corrected chi connectivity index (χ3v) is 6.47. The fourth-order valence-corrected chi connectivity index (χ4v) is 4.51. The lowest BCUT2D eigenvalue weighted by Crippen LogP contribution is -2.48. The third-order valence-electron chi connectivity index (χ3n) is 4.49. The smallest absolute Gasteiger partial charge is 0.191 e. The normalized spacial score (nSPS) is 25.5. The number of fused-ring (bicyclic) bond motifs is 2. The Bertz CT molecular complexity index is 712. The number of nitrogens with one attached hydrogen (secondary N) is 2. The van der Waals surface area contributed by atoms with E-state index in [-0.39, 0.29) is 53.3 Å². The van der Waals surface area contributed by atoms with Crippen LogP contribution in [0.1, 0.15) is 19.3 Å². The number of hydrogen-bond donors (Lipinski definition) is 2. The third kappa shape index (κ3) is 5.21. The molecule has 2 aliphatic heterocycles. The van der Waals surface area contributed by atoms with Crippen molar-refractivity contribution in [2.24, 2.45) is 4.99 Å². The van der Waals surface area contributed by atoms with Gasteiger partial charge in [0.2, 0.25) is 0 Å². The fourth-order valence-electron chi connectivity index (χ4n) is 3.22. The number of hydrogen-bond acceptors (Lipinski definition) is 4. The number of aliphatic imine (C=N–C) groups is 1. The van der Waals surface area contributed by atoms with Crippen molar-refractivity contribution in [2.45, 2.75) is 42.4 Å². The number of rotatable bonds is 5. The van der Waals surface area contributed by atoms with Gasteiger partial charge in [-0.3, -0.25) is 4.99 Å². The van der Waals surface area contributed by atoms with Crippen LogP contribution in [0, 0.1) is 0 Å². The van der Waals surface area contributed by atoms with Crippen molar-refractivity contribution >= 4 is 51.4 Å². The van der Waals surface area contributed by atoms with Gasteiger partial charge in [-0.15, -0.1) is 24.0 Å². The van der Waals surface area contributed by atoms with Gasteiger partial charge in [0.1, 0.15) is 0 Å². The Labute approximate surface area is 170 Å². The summed E-state index contributed by atoms with van der Waals surface area (Å²) in [5.41, 5.74) is 0. The maximum absolute atomic E-state index is 12.3. The van der Waals surface area contributed by atoms with Crippen LogP contribution in [-0.4, -0.2) is 52.0 Å². The molecule has 0 aromatic heterocycles. The van der Waals surface area contributed by atoms with Crippen molar-refractivity contribution in [3.05, 3.63) is 29.3 Å². The Morgan fingerprint density at radius 1 is 1.32 bits per heavy atom. The van der Waals surface area contributed by atoms with E-state index in [0.717, 1.165) is 19.3 Å². The summed E-state index contributed by atoms with van der Waals surface area (Å²) in [4.78, 5) is 4.44. The minimum atomic E-state index is -3.35. The number of ether oxygens (including phenoxy) is 1. The minimum Gasteiger partial charge on any atom is -0.373 e. The van der Waals surface area contributed by atoms with E-state index in [1.54, 1.807) is 19.2 Å². The van der Waals surface area contributed by atoms with E-state index in [9.17, 15) is 8.42 Å². The van der Waals surface area contributed by atoms with Crippen LogP contribution in [0.3, 0.4) is 0 Å². The molecule has 0 aliphatic carbocycles. The van der Waals surface area contributed by atoms with Crippen molar-refractivity contribution in [1.82, 2.24) is 10.6 Å². The first-order valence-electron chi connectivity index (χ1n) is 8.09. The molecule has 1 aromatic rings. The Morgan fingerprint density at radius 3 is 2.60 bits per heavy atom. The zero-order valence-corrected chi connectivity index (χ0v) is 17.8. The lowest BCUT2D eigenvalue weighted by atomic mass is 9.96. The molecule has 1 aromatic carbocycles. The van der Waals surface area contributed by atoms with Crippen LogP contribution in [0.5, 0.6) is 0 Å². The zero-order valence-electron chi connectivity index (χ0n) is 13.9. The minimum absolute atomic E-state index is 0. The molecule has 2 bridgehead atoms. The van der Waals surface area contributed by atoms with Crippen LogP contribution in [0.2, 0.25) is 5.02 Å². The summed E-state index contributed by atoms with van der Waals surface area (Å²) >= 11 is 5.79. The molecule has 2 N–H and O–H groups in total. The van der Waals surface area contributed by atoms with Crippen molar-refractivity contribution in [3.63, 3.8) is 0 Å². The molecule has 2 fully saturated rings. The van der Waals surface area contributed by atoms with Gasteiger partial charge >= 0.3 is 0 Å². The predicted octanol–water partition coefficient (Wildman–Crippen LogP) is 2.22. The standard InChI is InChI=1S/C16H22ClN3O3S.HI/c1-18-16(20-14-10-12-4-7-15(14)23-12)19-8-9-24(21,22)13-5-2-11(17)3-6-13;/h2-3,5-6,12,14-15H,4,7-10H2,1H3,(H2,18,19,20);1H. The van der Waals surface area contributed by atoms with Gasteiger partial charge in [-0.05, 0) is 43.5 Å². The van der Waals surface area contributed by atoms with Crippen LogP contribution in [0.25, 0.3) is 0 Å². The average Bonchev–Trinajstić information content (AvgIpc) is 3.17. The van der Waals surface area contributed by atoms with Crippen molar-refractivity contribution in [3.8, 4) is 0 Å². The summed E-state index contributed by atoms with van der Waals surface area (Å²) in [6.07, 6.45) is 3.79. The average molecular weight is 500 g/mol. The molecule has 0 spiro atoms. The number of guanidine groups is 1. The first-order chi connectivity index (χ1) is 11.5. The summed E-state index contributed by atoms with van der Waals surface area (Å²) < 4.78 is 30.4. The number of halogens is 2. The van der Waals surface area contributed by atoms with Gasteiger partial charge in [-0.2, -0.15) is 0 Å². The summed E-state index contributed by atoms with van der Waals surface area (Å²) in [5.74, 6) is 0.602. The molecule has 9 heteroatoms. The van der Waals surface area contributed by atoms with Crippen molar-refractivity contribution in [1.29, 1.82) is 0 Å². The molecule has 2 heterocycles. The summed E-state index contributed by atoms with van der Waals surface area (Å²) in [6.45, 7) is 0.284. The van der Waals surface area contributed by atoms with E-state index >= 15 is 0 Å². The number of nitrogens with zero attached hydrogens (tertiary/aromatic N) is 1. The van der Waals surface area contributed by atoms with E-state index in [0.29, 0.717) is 17.1 Å². The Morgan fingerprint density at radius 2 is 2.04 bits per heavy atom. The molecule has 0 saturated carbocycles. The maximum Gasteiger partial charge on any atom is 0.191 e. The van der Waals surface area contributed by atoms with Gasteiger partial charge in [0.15, 0.2) is 15.8 Å². The molecular weight excluding hydrogens is 477 g/mol. The molecule has 140 valence electrons. The van der Waals surface area contributed by atoms with Crippen LogP contribution in [-0.2, 0) is 14.6 Å². The Kier molecular flexibility index (Phi) is 7.36. The number of sulfone groups is 1. The van der Waals surface area contributed by atoms with E-state index in [1.165, 1.54) is 12.1 Å². The lowest BCUT2D eigenvalue weighted by molar-refractivity contribution is 0.0992. The largest absolute Gasteiger partial charge is 0.373 e. The molecule has 0 radical (unpaired) electrons. The fraction of sp³-hybridized carbons (Fsp3) is 0.562. The predicted molar refractivity (Wildman–Crippen MR) is 110 cm³/mol. The summed E-state index contributed by atoms with van der Waals surface area (Å²) in [5, 5.41) is 6.92. The first kappa shape index (κ1) is 20.7. The SMILES string of the molecule is CN=C(NCCS(=O)(=O)c1ccc(Cl)cc1)NC1CC2CCC1O2.I. The van der Waals surface area contributed by atoms with E-state index in [1.807, 2.05) is 0 Å². The van der Waals surface area contributed by atoms with Crippen LogP contribution >= 0.6 is 35.6 Å². The second kappa shape index (κ2) is 8.88. The zero-order chi connectivity index (χ0) is 17.2. The molecule has 6 nitrogen and oxygen atoms in total. The molecule has 3 unspecified atom stereocenters. The van der Waals surface area contributed by atoms with Crippen molar-refractivity contribution in [2.75, 3.05) is 19.3 Å². The summed E-state index contributed by atoms with van der Waals surface area (Å²) in [6, 6.07) is 6.46. The molecule has 3 rings (SSSR count). The molecule has 25 heavy (non-hydrogen) atoms. The van der Waals surface area contributed by atoms with E-state index < -0.39 is 9.84 Å². The monoisotopic (exact) mass is 499 g/mol. The lowest BCUT2D eigenvalue weighted by Gasteiger charge is -2.22. The number of benzene rings is 1. The molecule has 3 atom stereocenters. The summed E-state index contributed by atoms with van der Waals surface area (Å²) in [7, 11) is -1.67. The first-order valence-corrected chi connectivity index (χ1v) is 10.1. The van der Waals surface area contributed by atoms with Gasteiger partial charge in [0, 0.05) is 18.6 Å². The van der Waals surface area contributed by atoms with Gasteiger partial charge in [-0.25, -0.2) is 8.42 Å². The van der Waals surface area contributed by atoms with E-state index in [2.05, 4.69) is 15.6 Å². The second-order valence-electron chi connectivity index (χ2n) is 6.13. The highest BCUT2D eigenvalue weighted by Crippen LogP contribution is 2.34. The Hall–Kier alpha value is -0.580. The highest BCUT2D eigenvalue weighted by atomic mass is 127. The quantitative estimate of drug-likeness (QED) is 0.369. The van der Waals surface area contributed by atoms with Crippen LogP contribution in [0.4, 0.5) is 0 Å². The molecular formula is C16H23ClIN3O3S. The van der Waals surface area contributed by atoms with Gasteiger partial charge < -0.3 is 15.4 Å². The topological polar surface area (TPSA) is 79.8 Å². The van der Waals surface area contributed by atoms with Crippen molar-refractivity contribution < 1.29 is 13.2 Å². The Balaban J connectivity index is 0.00000225. The van der Waals surface area contributed by atoms with Crippen LogP contribution in [0.15, 0.2) is 34.2 Å². The van der Waals surface area contributed by atoms with Gasteiger partial charge in [-0.1, -0.05) is 11.6 Å². The second-order valence-corrected chi connectivity index (χ2v) is 8.68. The highest BCUT2D eigenvalue weighted by Gasteiger charge is 2.41. The van der Waals surface area contributed by atoms with Crippen LogP contribution < -0.4 is 10.6 Å². The van der Waals surface area contributed by atoms with Gasteiger partial charge in [0.25, 0.3) is 0 Å². The molecule has 2 aliphatic rings. The maximum atomic E-state index is 12.3. The highest BCUT2D eigenvalue weighted by molar-refractivity contribution is 14.0. The molecule has 0 amide bonds. The van der Waals surface area contributed by atoms with Gasteiger partial charge in [0.05, 0.1) is 28.9 Å². The molecule has 2 saturated heterocycles.